The van der Waals surface area contributed by atoms with Crippen molar-refractivity contribution in [2.45, 2.75) is 71.6 Å². The summed E-state index contributed by atoms with van der Waals surface area (Å²) >= 11 is 0. The van der Waals surface area contributed by atoms with Gasteiger partial charge in [-0.05, 0) is 42.7 Å². The Morgan fingerprint density at radius 1 is 0.941 bits per heavy atom. The van der Waals surface area contributed by atoms with E-state index < -0.39 is 0 Å². The van der Waals surface area contributed by atoms with Crippen molar-refractivity contribution < 1.29 is 0 Å². The molecule has 96 valence electrons. The summed E-state index contributed by atoms with van der Waals surface area (Å²) in [5.41, 5.74) is 3.47. The Labute approximate surface area is 107 Å². The molecule has 0 aliphatic heterocycles. The standard InChI is InChI=1S/C17H28/c1-5-8-11-14-17(6-2,7-3)16-13-10-9-12-15(16)4/h9-10,12-13H,5-8,11,14H2,1-4H3. The molecule has 0 heteroatoms. The maximum Gasteiger partial charge on any atom is -0.00496 e. The van der Waals surface area contributed by atoms with Gasteiger partial charge in [-0.15, -0.1) is 0 Å². The fraction of sp³-hybridized carbons (Fsp3) is 0.647. The van der Waals surface area contributed by atoms with Crippen LogP contribution in [-0.4, -0.2) is 0 Å². The van der Waals surface area contributed by atoms with E-state index in [1.165, 1.54) is 44.1 Å². The molecule has 0 fully saturated rings. The van der Waals surface area contributed by atoms with Gasteiger partial charge in [-0.1, -0.05) is 64.3 Å². The monoisotopic (exact) mass is 232 g/mol. The summed E-state index contributed by atoms with van der Waals surface area (Å²) < 4.78 is 0. The summed E-state index contributed by atoms with van der Waals surface area (Å²) in [7, 11) is 0. The van der Waals surface area contributed by atoms with Gasteiger partial charge in [0, 0.05) is 0 Å². The molecule has 0 bridgehead atoms. The van der Waals surface area contributed by atoms with Crippen LogP contribution in [-0.2, 0) is 5.41 Å². The fourth-order valence-corrected chi connectivity index (χ4v) is 3.00. The van der Waals surface area contributed by atoms with Crippen LogP contribution in [0.5, 0.6) is 0 Å². The molecule has 0 aliphatic carbocycles. The molecule has 0 saturated carbocycles. The lowest BCUT2D eigenvalue weighted by molar-refractivity contribution is 0.349. The molecule has 0 aromatic heterocycles. The molecule has 0 nitrogen and oxygen atoms in total. The molecule has 0 amide bonds. The largest absolute Gasteiger partial charge is 0.0654 e. The summed E-state index contributed by atoms with van der Waals surface area (Å²) in [4.78, 5) is 0. The van der Waals surface area contributed by atoms with E-state index in [9.17, 15) is 0 Å². The summed E-state index contributed by atoms with van der Waals surface area (Å²) in [6.45, 7) is 9.24. The average molecular weight is 232 g/mol. The Hall–Kier alpha value is -0.780. The second-order valence-corrected chi connectivity index (χ2v) is 5.26. The second-order valence-electron chi connectivity index (χ2n) is 5.26. The van der Waals surface area contributed by atoms with Crippen LogP contribution in [0.1, 0.15) is 70.4 Å². The Morgan fingerprint density at radius 3 is 2.12 bits per heavy atom. The van der Waals surface area contributed by atoms with E-state index in [1.807, 2.05) is 0 Å². The van der Waals surface area contributed by atoms with Crippen molar-refractivity contribution in [1.82, 2.24) is 0 Å². The number of hydrogen-bond acceptors (Lipinski definition) is 0. The third-order valence-corrected chi connectivity index (χ3v) is 4.33. The Balaban J connectivity index is 2.94. The van der Waals surface area contributed by atoms with Crippen LogP contribution < -0.4 is 0 Å². The number of hydrogen-bond donors (Lipinski definition) is 0. The van der Waals surface area contributed by atoms with Crippen molar-refractivity contribution in [3.05, 3.63) is 35.4 Å². The molecule has 0 heterocycles. The van der Waals surface area contributed by atoms with Gasteiger partial charge in [0.15, 0.2) is 0 Å². The normalized spacial score (nSPS) is 11.8. The van der Waals surface area contributed by atoms with E-state index >= 15 is 0 Å². The van der Waals surface area contributed by atoms with Crippen molar-refractivity contribution >= 4 is 0 Å². The Kier molecular flexibility index (Phi) is 5.74. The number of aryl methyl sites for hydroxylation is 1. The maximum atomic E-state index is 2.35. The first-order chi connectivity index (χ1) is 8.20. The topological polar surface area (TPSA) is 0 Å². The van der Waals surface area contributed by atoms with Crippen molar-refractivity contribution in [2.24, 2.45) is 0 Å². The van der Waals surface area contributed by atoms with Gasteiger partial charge in [0.2, 0.25) is 0 Å². The van der Waals surface area contributed by atoms with Crippen LogP contribution in [0.2, 0.25) is 0 Å². The molecule has 0 unspecified atom stereocenters. The molecule has 0 aliphatic rings. The van der Waals surface area contributed by atoms with Crippen LogP contribution in [0.15, 0.2) is 24.3 Å². The van der Waals surface area contributed by atoms with Gasteiger partial charge in [0.25, 0.3) is 0 Å². The third-order valence-electron chi connectivity index (χ3n) is 4.33. The molecule has 0 atom stereocenters. The van der Waals surface area contributed by atoms with Crippen molar-refractivity contribution in [3.63, 3.8) is 0 Å². The van der Waals surface area contributed by atoms with E-state index in [0.717, 1.165) is 0 Å². The zero-order valence-electron chi connectivity index (χ0n) is 12.1. The number of unbranched alkanes of at least 4 members (excludes halogenated alkanes) is 2. The predicted molar refractivity (Wildman–Crippen MR) is 77.6 cm³/mol. The first-order valence-corrected chi connectivity index (χ1v) is 7.26. The molecular weight excluding hydrogens is 204 g/mol. The van der Waals surface area contributed by atoms with Gasteiger partial charge < -0.3 is 0 Å². The van der Waals surface area contributed by atoms with Crippen LogP contribution in [0.25, 0.3) is 0 Å². The molecular formula is C17H28. The highest BCUT2D eigenvalue weighted by atomic mass is 14.3. The lowest BCUT2D eigenvalue weighted by Gasteiger charge is -2.34. The molecule has 1 rings (SSSR count). The Bertz CT molecular complexity index is 321. The molecule has 0 N–H and O–H groups in total. The third kappa shape index (κ3) is 3.34. The zero-order valence-corrected chi connectivity index (χ0v) is 12.1. The zero-order chi connectivity index (χ0) is 12.7. The maximum absolute atomic E-state index is 2.35. The van der Waals surface area contributed by atoms with Crippen LogP contribution >= 0.6 is 0 Å². The van der Waals surface area contributed by atoms with Crippen LogP contribution in [0.3, 0.4) is 0 Å². The summed E-state index contributed by atoms with van der Waals surface area (Å²) in [6.07, 6.45) is 7.92. The highest BCUT2D eigenvalue weighted by Crippen LogP contribution is 2.38. The lowest BCUT2D eigenvalue weighted by atomic mass is 9.71. The van der Waals surface area contributed by atoms with Crippen molar-refractivity contribution in [3.8, 4) is 0 Å². The Morgan fingerprint density at radius 2 is 1.59 bits per heavy atom. The summed E-state index contributed by atoms with van der Waals surface area (Å²) in [6, 6.07) is 8.95. The second kappa shape index (κ2) is 6.83. The van der Waals surface area contributed by atoms with Crippen LogP contribution in [0, 0.1) is 6.92 Å². The molecule has 0 saturated heterocycles. The highest BCUT2D eigenvalue weighted by molar-refractivity contribution is 5.33. The average Bonchev–Trinajstić information content (AvgIpc) is 2.36. The smallest absolute Gasteiger partial charge is 0.00496 e. The van der Waals surface area contributed by atoms with E-state index in [1.54, 1.807) is 5.56 Å². The SMILES string of the molecule is CCCCCC(CC)(CC)c1ccccc1C. The highest BCUT2D eigenvalue weighted by Gasteiger charge is 2.28. The predicted octanol–water partition coefficient (Wildman–Crippen LogP) is 5.63. The lowest BCUT2D eigenvalue weighted by Crippen LogP contribution is -2.25. The summed E-state index contributed by atoms with van der Waals surface area (Å²) in [5, 5.41) is 0. The van der Waals surface area contributed by atoms with Gasteiger partial charge in [0.05, 0.1) is 0 Å². The fourth-order valence-electron chi connectivity index (χ4n) is 3.00. The van der Waals surface area contributed by atoms with Gasteiger partial charge in [0.1, 0.15) is 0 Å². The molecule has 1 aromatic rings. The minimum atomic E-state index is 0.417. The first-order valence-electron chi connectivity index (χ1n) is 7.26. The van der Waals surface area contributed by atoms with Gasteiger partial charge in [-0.3, -0.25) is 0 Å². The van der Waals surface area contributed by atoms with Crippen molar-refractivity contribution in [2.75, 3.05) is 0 Å². The van der Waals surface area contributed by atoms with Crippen molar-refractivity contribution in [1.29, 1.82) is 0 Å². The first kappa shape index (κ1) is 14.3. The number of rotatable bonds is 7. The van der Waals surface area contributed by atoms with E-state index in [0.29, 0.717) is 5.41 Å². The molecule has 17 heavy (non-hydrogen) atoms. The van der Waals surface area contributed by atoms with E-state index in [4.69, 9.17) is 0 Å². The quantitative estimate of drug-likeness (QED) is 0.534. The van der Waals surface area contributed by atoms with E-state index in [-0.39, 0.29) is 0 Å². The van der Waals surface area contributed by atoms with Crippen LogP contribution in [0.4, 0.5) is 0 Å². The minimum Gasteiger partial charge on any atom is -0.0654 e. The summed E-state index contributed by atoms with van der Waals surface area (Å²) in [5.74, 6) is 0. The van der Waals surface area contributed by atoms with Gasteiger partial charge >= 0.3 is 0 Å². The number of benzene rings is 1. The van der Waals surface area contributed by atoms with E-state index in [2.05, 4.69) is 52.0 Å². The molecule has 0 radical (unpaired) electrons. The molecule has 1 aromatic carbocycles. The minimum absolute atomic E-state index is 0.417. The molecule has 0 spiro atoms. The van der Waals surface area contributed by atoms with Gasteiger partial charge in [-0.2, -0.15) is 0 Å². The van der Waals surface area contributed by atoms with Gasteiger partial charge in [-0.25, -0.2) is 0 Å².